The average Bonchev–Trinajstić information content (AvgIpc) is 2.98. The van der Waals surface area contributed by atoms with Crippen LogP contribution in [-0.2, 0) is 11.2 Å². The smallest absolute Gasteiger partial charge is 0.254 e. The second-order valence-electron chi connectivity index (χ2n) is 5.06. The predicted molar refractivity (Wildman–Crippen MR) is 91.4 cm³/mol. The Morgan fingerprint density at radius 2 is 2.22 bits per heavy atom. The monoisotopic (exact) mass is 335 g/mol. The largest absolute Gasteiger partial charge is 0.382 e. The van der Waals surface area contributed by atoms with Crippen LogP contribution in [0.5, 0.6) is 0 Å². The number of hydrogen-bond acceptors (Lipinski definition) is 3. The Morgan fingerprint density at radius 3 is 2.91 bits per heavy atom. The highest BCUT2D eigenvalue weighted by Crippen LogP contribution is 2.19. The van der Waals surface area contributed by atoms with Crippen molar-refractivity contribution in [2.45, 2.75) is 26.7 Å². The molecule has 1 amide bonds. The van der Waals surface area contributed by atoms with Gasteiger partial charge >= 0.3 is 0 Å². The Balaban J connectivity index is 2.10. The SMILES string of the molecule is CCOCCCNC(=O)c1cnn(-c2cccc(Cl)c2)c1CC. The first-order chi connectivity index (χ1) is 11.2. The third-order valence-corrected chi connectivity index (χ3v) is 3.69. The Kier molecular flexibility index (Phi) is 6.62. The fourth-order valence-corrected chi connectivity index (χ4v) is 2.53. The van der Waals surface area contributed by atoms with Crippen molar-refractivity contribution in [2.75, 3.05) is 19.8 Å². The lowest BCUT2D eigenvalue weighted by Gasteiger charge is -2.09. The number of ether oxygens (including phenoxy) is 1. The molecule has 23 heavy (non-hydrogen) atoms. The zero-order valence-electron chi connectivity index (χ0n) is 13.5. The summed E-state index contributed by atoms with van der Waals surface area (Å²) >= 11 is 6.04. The van der Waals surface area contributed by atoms with Gasteiger partial charge in [-0.15, -0.1) is 0 Å². The van der Waals surface area contributed by atoms with Crippen LogP contribution in [0.4, 0.5) is 0 Å². The number of nitrogens with zero attached hydrogens (tertiary/aromatic N) is 2. The minimum absolute atomic E-state index is 0.105. The molecule has 0 aliphatic heterocycles. The number of amides is 1. The zero-order chi connectivity index (χ0) is 16.7. The quantitative estimate of drug-likeness (QED) is 0.753. The number of hydrogen-bond donors (Lipinski definition) is 1. The lowest BCUT2D eigenvalue weighted by Crippen LogP contribution is -2.26. The average molecular weight is 336 g/mol. The summed E-state index contributed by atoms with van der Waals surface area (Å²) in [7, 11) is 0. The summed E-state index contributed by atoms with van der Waals surface area (Å²) < 4.78 is 7.02. The van der Waals surface area contributed by atoms with E-state index in [0.717, 1.165) is 17.8 Å². The molecule has 1 aromatic carbocycles. The Bertz CT molecular complexity index is 655. The third kappa shape index (κ3) is 4.56. The molecule has 0 saturated heterocycles. The number of halogens is 1. The van der Waals surface area contributed by atoms with Gasteiger partial charge in [-0.3, -0.25) is 4.79 Å². The van der Waals surface area contributed by atoms with Crippen molar-refractivity contribution in [3.05, 3.63) is 46.7 Å². The van der Waals surface area contributed by atoms with E-state index in [2.05, 4.69) is 10.4 Å². The topological polar surface area (TPSA) is 56.1 Å². The molecule has 6 heteroatoms. The van der Waals surface area contributed by atoms with Gasteiger partial charge in [0.2, 0.25) is 0 Å². The molecule has 1 aromatic heterocycles. The van der Waals surface area contributed by atoms with Crippen molar-refractivity contribution >= 4 is 17.5 Å². The van der Waals surface area contributed by atoms with Crippen molar-refractivity contribution in [3.8, 4) is 5.69 Å². The third-order valence-electron chi connectivity index (χ3n) is 3.46. The van der Waals surface area contributed by atoms with Gasteiger partial charge in [-0.2, -0.15) is 5.10 Å². The maximum atomic E-state index is 12.3. The Hall–Kier alpha value is -1.85. The van der Waals surface area contributed by atoms with E-state index < -0.39 is 0 Å². The van der Waals surface area contributed by atoms with E-state index >= 15 is 0 Å². The molecule has 5 nitrogen and oxygen atoms in total. The van der Waals surface area contributed by atoms with E-state index in [1.54, 1.807) is 10.9 Å². The summed E-state index contributed by atoms with van der Waals surface area (Å²) in [6.45, 7) is 5.89. The normalized spacial score (nSPS) is 10.7. The molecule has 2 rings (SSSR count). The van der Waals surface area contributed by atoms with Crippen LogP contribution in [0.25, 0.3) is 5.69 Å². The fraction of sp³-hybridized carbons (Fsp3) is 0.412. The van der Waals surface area contributed by atoms with Gasteiger partial charge in [0, 0.05) is 24.8 Å². The molecule has 0 bridgehead atoms. The summed E-state index contributed by atoms with van der Waals surface area (Å²) in [6.07, 6.45) is 3.11. The number of benzene rings is 1. The maximum absolute atomic E-state index is 12.3. The lowest BCUT2D eigenvalue weighted by atomic mass is 10.2. The highest BCUT2D eigenvalue weighted by Gasteiger charge is 2.16. The predicted octanol–water partition coefficient (Wildman–Crippen LogP) is 3.24. The minimum Gasteiger partial charge on any atom is -0.382 e. The molecular weight excluding hydrogens is 314 g/mol. The summed E-state index contributed by atoms with van der Waals surface area (Å²) in [6, 6.07) is 7.43. The molecule has 0 aliphatic rings. The van der Waals surface area contributed by atoms with Crippen LogP contribution in [0.3, 0.4) is 0 Å². The van der Waals surface area contributed by atoms with Gasteiger partial charge in [0.25, 0.3) is 5.91 Å². The number of carbonyl (C=O) groups is 1. The first kappa shape index (κ1) is 17.5. The van der Waals surface area contributed by atoms with Crippen molar-refractivity contribution in [3.63, 3.8) is 0 Å². The number of nitrogens with one attached hydrogen (secondary N) is 1. The molecule has 0 fully saturated rings. The maximum Gasteiger partial charge on any atom is 0.254 e. The minimum atomic E-state index is -0.105. The molecular formula is C17H22ClN3O2. The molecule has 0 spiro atoms. The van der Waals surface area contributed by atoms with Crippen molar-refractivity contribution in [2.24, 2.45) is 0 Å². The molecule has 124 valence electrons. The summed E-state index contributed by atoms with van der Waals surface area (Å²) in [5, 5.41) is 7.90. The summed E-state index contributed by atoms with van der Waals surface area (Å²) in [5.74, 6) is -0.105. The second-order valence-corrected chi connectivity index (χ2v) is 5.49. The summed E-state index contributed by atoms with van der Waals surface area (Å²) in [4.78, 5) is 12.3. The Labute approximate surface area is 141 Å². The van der Waals surface area contributed by atoms with Gasteiger partial charge in [0.05, 0.1) is 23.1 Å². The van der Waals surface area contributed by atoms with Crippen LogP contribution < -0.4 is 5.32 Å². The van der Waals surface area contributed by atoms with Gasteiger partial charge in [-0.05, 0) is 38.0 Å². The molecule has 1 heterocycles. The first-order valence-corrected chi connectivity index (χ1v) is 8.24. The van der Waals surface area contributed by atoms with Crippen LogP contribution in [0.15, 0.2) is 30.5 Å². The molecule has 0 unspecified atom stereocenters. The summed E-state index contributed by atoms with van der Waals surface area (Å²) in [5.41, 5.74) is 2.32. The molecule has 0 saturated carbocycles. The lowest BCUT2D eigenvalue weighted by molar-refractivity contribution is 0.0943. The molecule has 0 aliphatic carbocycles. The van der Waals surface area contributed by atoms with Crippen LogP contribution in [0.2, 0.25) is 5.02 Å². The molecule has 1 N–H and O–H groups in total. The standard InChI is InChI=1S/C17H22ClN3O2/c1-3-16-15(17(22)19-9-6-10-23-4-2)12-20-21(16)14-8-5-7-13(18)11-14/h5,7-8,11-12H,3-4,6,9-10H2,1-2H3,(H,19,22). The number of rotatable bonds is 8. The zero-order valence-corrected chi connectivity index (χ0v) is 14.3. The van der Waals surface area contributed by atoms with E-state index in [0.29, 0.717) is 36.8 Å². The van der Waals surface area contributed by atoms with Crippen LogP contribution in [0, 0.1) is 0 Å². The number of aromatic nitrogens is 2. The van der Waals surface area contributed by atoms with Crippen LogP contribution >= 0.6 is 11.6 Å². The molecule has 2 aromatic rings. The van der Waals surface area contributed by atoms with Gasteiger partial charge in [-0.25, -0.2) is 4.68 Å². The van der Waals surface area contributed by atoms with Gasteiger partial charge in [0.15, 0.2) is 0 Å². The van der Waals surface area contributed by atoms with E-state index in [1.807, 2.05) is 38.1 Å². The highest BCUT2D eigenvalue weighted by molar-refractivity contribution is 6.30. The second kappa shape index (κ2) is 8.70. The van der Waals surface area contributed by atoms with Gasteiger partial charge in [0.1, 0.15) is 0 Å². The van der Waals surface area contributed by atoms with E-state index in [9.17, 15) is 4.79 Å². The molecule has 0 atom stereocenters. The van der Waals surface area contributed by atoms with Crippen LogP contribution in [0.1, 0.15) is 36.3 Å². The van der Waals surface area contributed by atoms with Gasteiger partial charge in [-0.1, -0.05) is 24.6 Å². The van der Waals surface area contributed by atoms with Crippen LogP contribution in [-0.4, -0.2) is 35.4 Å². The Morgan fingerprint density at radius 1 is 1.39 bits per heavy atom. The highest BCUT2D eigenvalue weighted by atomic mass is 35.5. The molecule has 0 radical (unpaired) electrons. The van der Waals surface area contributed by atoms with Crippen molar-refractivity contribution < 1.29 is 9.53 Å². The van der Waals surface area contributed by atoms with Gasteiger partial charge < -0.3 is 10.1 Å². The fourth-order valence-electron chi connectivity index (χ4n) is 2.35. The van der Waals surface area contributed by atoms with E-state index in [1.165, 1.54) is 0 Å². The van der Waals surface area contributed by atoms with E-state index in [4.69, 9.17) is 16.3 Å². The number of carbonyl (C=O) groups excluding carboxylic acids is 1. The van der Waals surface area contributed by atoms with Crippen molar-refractivity contribution in [1.29, 1.82) is 0 Å². The van der Waals surface area contributed by atoms with E-state index in [-0.39, 0.29) is 5.91 Å². The first-order valence-electron chi connectivity index (χ1n) is 7.86. The van der Waals surface area contributed by atoms with Crippen molar-refractivity contribution in [1.82, 2.24) is 15.1 Å².